The molecule has 5 heteroatoms. The molecule has 1 saturated heterocycles. The van der Waals surface area contributed by atoms with Gasteiger partial charge in [0.15, 0.2) is 0 Å². The highest BCUT2D eigenvalue weighted by molar-refractivity contribution is 5.95. The van der Waals surface area contributed by atoms with Crippen molar-refractivity contribution in [2.24, 2.45) is 5.73 Å². The molecule has 1 fully saturated rings. The van der Waals surface area contributed by atoms with Crippen LogP contribution < -0.4 is 10.5 Å². The molecule has 28 heavy (non-hydrogen) atoms. The molecule has 0 saturated carbocycles. The largest absolute Gasteiger partial charge is 0.497 e. The molecule has 3 aromatic rings. The van der Waals surface area contributed by atoms with Crippen LogP contribution in [0.3, 0.4) is 0 Å². The number of nitrogens with zero attached hydrogens (tertiary/aromatic N) is 1. The predicted octanol–water partition coefficient (Wildman–Crippen LogP) is 3.32. The Labute approximate surface area is 164 Å². The fraction of sp³-hybridized carbons (Fsp3) is 0.261. The van der Waals surface area contributed by atoms with Gasteiger partial charge in [0.05, 0.1) is 19.8 Å². The molecule has 0 spiro atoms. The Morgan fingerprint density at radius 2 is 1.79 bits per heavy atom. The Bertz CT molecular complexity index is 985. The maximum atomic E-state index is 12.8. The molecule has 1 heterocycles. The molecule has 1 aliphatic rings. The topological polar surface area (TPSA) is 64.8 Å². The van der Waals surface area contributed by atoms with E-state index in [1.807, 2.05) is 41.3 Å². The molecule has 0 aliphatic carbocycles. The number of hydrogen-bond acceptors (Lipinski definition) is 4. The molecule has 0 radical (unpaired) electrons. The molecule has 2 N–H and O–H groups in total. The van der Waals surface area contributed by atoms with E-state index in [-0.39, 0.29) is 12.0 Å². The quantitative estimate of drug-likeness (QED) is 0.759. The van der Waals surface area contributed by atoms with Gasteiger partial charge in [-0.05, 0) is 52.2 Å². The molecular weight excluding hydrogens is 352 g/mol. The highest BCUT2D eigenvalue weighted by Gasteiger charge is 2.24. The lowest BCUT2D eigenvalue weighted by molar-refractivity contribution is -0.0167. The third-order valence-electron chi connectivity index (χ3n) is 5.20. The summed E-state index contributed by atoms with van der Waals surface area (Å²) in [5.41, 5.74) is 8.56. The highest BCUT2D eigenvalue weighted by atomic mass is 16.5. The number of nitrogens with two attached hydrogens (primary N) is 1. The van der Waals surface area contributed by atoms with Crippen LogP contribution in [0.25, 0.3) is 21.9 Å². The summed E-state index contributed by atoms with van der Waals surface area (Å²) in [6.07, 6.45) is -0.0757. The zero-order valence-electron chi connectivity index (χ0n) is 15.9. The summed E-state index contributed by atoms with van der Waals surface area (Å²) in [7, 11) is 1.67. The summed E-state index contributed by atoms with van der Waals surface area (Å²) in [6.45, 7) is 2.11. The van der Waals surface area contributed by atoms with Gasteiger partial charge >= 0.3 is 0 Å². The van der Waals surface area contributed by atoms with Gasteiger partial charge in [-0.1, -0.05) is 30.3 Å². The zero-order valence-corrected chi connectivity index (χ0v) is 15.9. The van der Waals surface area contributed by atoms with Gasteiger partial charge in [0.1, 0.15) is 5.75 Å². The Morgan fingerprint density at radius 3 is 2.54 bits per heavy atom. The van der Waals surface area contributed by atoms with E-state index in [1.54, 1.807) is 7.11 Å². The van der Waals surface area contributed by atoms with Crippen LogP contribution in [0.1, 0.15) is 10.4 Å². The third kappa shape index (κ3) is 3.72. The van der Waals surface area contributed by atoms with Crippen LogP contribution in [0.2, 0.25) is 0 Å². The smallest absolute Gasteiger partial charge is 0.254 e. The Kier molecular flexibility index (Phi) is 5.28. The summed E-state index contributed by atoms with van der Waals surface area (Å²) in [6, 6.07) is 20.2. The van der Waals surface area contributed by atoms with Crippen LogP contribution in [-0.4, -0.2) is 50.3 Å². The fourth-order valence-electron chi connectivity index (χ4n) is 3.56. The lowest BCUT2D eigenvalue weighted by Crippen LogP contribution is -2.48. The second-order valence-electron chi connectivity index (χ2n) is 6.98. The highest BCUT2D eigenvalue weighted by Crippen LogP contribution is 2.27. The van der Waals surface area contributed by atoms with Crippen molar-refractivity contribution in [3.63, 3.8) is 0 Å². The SMILES string of the molecule is COc1ccc2cc(-c3ccc(C(=O)N4CCO[C@H](CN)C4)cc3)ccc2c1. The normalized spacial score (nSPS) is 16.9. The van der Waals surface area contributed by atoms with E-state index < -0.39 is 0 Å². The molecule has 0 bridgehead atoms. The minimum Gasteiger partial charge on any atom is -0.497 e. The predicted molar refractivity (Wildman–Crippen MR) is 111 cm³/mol. The van der Waals surface area contributed by atoms with E-state index in [4.69, 9.17) is 15.2 Å². The average Bonchev–Trinajstić information content (AvgIpc) is 2.78. The third-order valence-corrected chi connectivity index (χ3v) is 5.20. The number of amides is 1. The number of carbonyl (C=O) groups is 1. The van der Waals surface area contributed by atoms with Gasteiger partial charge in [-0.2, -0.15) is 0 Å². The van der Waals surface area contributed by atoms with Crippen LogP contribution in [0.5, 0.6) is 5.75 Å². The molecule has 1 amide bonds. The summed E-state index contributed by atoms with van der Waals surface area (Å²) in [5.74, 6) is 0.877. The molecule has 0 aromatic heterocycles. The Balaban J connectivity index is 1.54. The van der Waals surface area contributed by atoms with Crippen LogP contribution >= 0.6 is 0 Å². The molecule has 1 atom stereocenters. The zero-order chi connectivity index (χ0) is 19.5. The van der Waals surface area contributed by atoms with Crippen molar-refractivity contribution in [1.29, 1.82) is 0 Å². The Hall–Kier alpha value is -2.89. The van der Waals surface area contributed by atoms with E-state index in [9.17, 15) is 4.79 Å². The summed E-state index contributed by atoms with van der Waals surface area (Å²) < 4.78 is 10.8. The number of carbonyl (C=O) groups excluding carboxylic acids is 1. The van der Waals surface area contributed by atoms with Crippen molar-refractivity contribution >= 4 is 16.7 Å². The molecule has 5 nitrogen and oxygen atoms in total. The van der Waals surface area contributed by atoms with Crippen molar-refractivity contribution in [2.45, 2.75) is 6.10 Å². The number of benzene rings is 3. The van der Waals surface area contributed by atoms with E-state index in [0.717, 1.165) is 27.6 Å². The van der Waals surface area contributed by atoms with Gasteiger partial charge in [0, 0.05) is 25.2 Å². The lowest BCUT2D eigenvalue weighted by atomic mass is 10.00. The van der Waals surface area contributed by atoms with Crippen LogP contribution in [0.4, 0.5) is 0 Å². The first kappa shape index (κ1) is 18.5. The standard InChI is InChI=1S/C23H24N2O3/c1-27-21-9-8-19-12-18(6-7-20(19)13-21)16-2-4-17(5-3-16)23(26)25-10-11-28-22(14-24)15-25/h2-9,12-13,22H,10-11,14-15,24H2,1H3/t22-/m1/s1. The monoisotopic (exact) mass is 376 g/mol. The summed E-state index contributed by atoms with van der Waals surface area (Å²) in [5, 5.41) is 2.29. The van der Waals surface area contributed by atoms with Gasteiger partial charge in [0.2, 0.25) is 0 Å². The number of hydrogen-bond donors (Lipinski definition) is 1. The molecule has 144 valence electrons. The lowest BCUT2D eigenvalue weighted by Gasteiger charge is -2.32. The van der Waals surface area contributed by atoms with E-state index in [0.29, 0.717) is 31.8 Å². The number of fused-ring (bicyclic) bond motifs is 1. The van der Waals surface area contributed by atoms with E-state index >= 15 is 0 Å². The first-order valence-electron chi connectivity index (χ1n) is 9.47. The van der Waals surface area contributed by atoms with Gasteiger partial charge < -0.3 is 20.1 Å². The number of morpholine rings is 1. The molecule has 3 aromatic carbocycles. The number of methoxy groups -OCH3 is 1. The molecular formula is C23H24N2O3. The second kappa shape index (κ2) is 8.00. The van der Waals surface area contributed by atoms with Crippen molar-refractivity contribution < 1.29 is 14.3 Å². The first-order valence-corrected chi connectivity index (χ1v) is 9.47. The fourth-order valence-corrected chi connectivity index (χ4v) is 3.56. The second-order valence-corrected chi connectivity index (χ2v) is 6.98. The maximum absolute atomic E-state index is 12.8. The van der Waals surface area contributed by atoms with Gasteiger partial charge in [-0.25, -0.2) is 0 Å². The van der Waals surface area contributed by atoms with Gasteiger partial charge in [-0.3, -0.25) is 4.79 Å². The molecule has 0 unspecified atom stereocenters. The maximum Gasteiger partial charge on any atom is 0.254 e. The summed E-state index contributed by atoms with van der Waals surface area (Å²) in [4.78, 5) is 14.6. The van der Waals surface area contributed by atoms with Gasteiger partial charge in [0.25, 0.3) is 5.91 Å². The average molecular weight is 376 g/mol. The Morgan fingerprint density at radius 1 is 1.07 bits per heavy atom. The van der Waals surface area contributed by atoms with Crippen molar-refractivity contribution in [1.82, 2.24) is 4.90 Å². The van der Waals surface area contributed by atoms with Crippen molar-refractivity contribution in [2.75, 3.05) is 33.4 Å². The number of rotatable bonds is 4. The number of ether oxygens (including phenoxy) is 2. The van der Waals surface area contributed by atoms with E-state index in [2.05, 4.69) is 24.3 Å². The van der Waals surface area contributed by atoms with Crippen LogP contribution in [0.15, 0.2) is 60.7 Å². The minimum atomic E-state index is -0.0757. The molecule has 1 aliphatic heterocycles. The van der Waals surface area contributed by atoms with Crippen LogP contribution in [-0.2, 0) is 4.74 Å². The van der Waals surface area contributed by atoms with E-state index in [1.165, 1.54) is 0 Å². The minimum absolute atomic E-state index is 0.0268. The van der Waals surface area contributed by atoms with Crippen molar-refractivity contribution in [3.8, 4) is 16.9 Å². The van der Waals surface area contributed by atoms with Gasteiger partial charge in [-0.15, -0.1) is 0 Å². The van der Waals surface area contributed by atoms with Crippen LogP contribution in [0, 0.1) is 0 Å². The van der Waals surface area contributed by atoms with Crippen molar-refractivity contribution in [3.05, 3.63) is 66.2 Å². The summed E-state index contributed by atoms with van der Waals surface area (Å²) >= 11 is 0. The molecule has 4 rings (SSSR count). The first-order chi connectivity index (χ1) is 13.7.